The van der Waals surface area contributed by atoms with Crippen LogP contribution in [0.25, 0.3) is 0 Å². The van der Waals surface area contributed by atoms with Gasteiger partial charge in [-0.15, -0.1) is 0 Å². The van der Waals surface area contributed by atoms with Crippen LogP contribution in [-0.4, -0.2) is 36.6 Å². The van der Waals surface area contributed by atoms with Crippen molar-refractivity contribution in [2.24, 2.45) is 11.8 Å². The number of piperazine rings is 1. The molecule has 1 heterocycles. The van der Waals surface area contributed by atoms with E-state index in [0.29, 0.717) is 5.54 Å². The summed E-state index contributed by atoms with van der Waals surface area (Å²) < 4.78 is 0. The lowest BCUT2D eigenvalue weighted by Crippen LogP contribution is -2.58. The summed E-state index contributed by atoms with van der Waals surface area (Å²) in [5.74, 6) is 2.00. The molecule has 1 aliphatic carbocycles. The van der Waals surface area contributed by atoms with Crippen LogP contribution in [0.15, 0.2) is 0 Å². The molecule has 0 aromatic heterocycles. The Hall–Kier alpha value is -0.0800. The average Bonchev–Trinajstić information content (AvgIpc) is 2.44. The Morgan fingerprint density at radius 2 is 1.63 bits per heavy atom. The molecule has 2 rings (SSSR count). The van der Waals surface area contributed by atoms with Crippen molar-refractivity contribution in [2.45, 2.75) is 72.3 Å². The number of nitrogens with one attached hydrogen (secondary N) is 1. The minimum absolute atomic E-state index is 0.361. The highest BCUT2D eigenvalue weighted by molar-refractivity contribution is 4.89. The van der Waals surface area contributed by atoms with Gasteiger partial charge in [-0.2, -0.15) is 0 Å². The summed E-state index contributed by atoms with van der Waals surface area (Å²) in [6.07, 6.45) is 7.30. The maximum absolute atomic E-state index is 3.52. The van der Waals surface area contributed by atoms with Crippen molar-refractivity contribution in [3.8, 4) is 0 Å². The van der Waals surface area contributed by atoms with Crippen molar-refractivity contribution in [3.63, 3.8) is 0 Å². The van der Waals surface area contributed by atoms with Crippen molar-refractivity contribution in [1.29, 1.82) is 0 Å². The molecule has 1 saturated heterocycles. The first-order chi connectivity index (χ1) is 9.12. The third-order valence-electron chi connectivity index (χ3n) is 4.99. The van der Waals surface area contributed by atoms with E-state index in [2.05, 4.69) is 31.0 Å². The Balaban J connectivity index is 0.000000861. The highest BCUT2D eigenvalue weighted by Crippen LogP contribution is 2.32. The van der Waals surface area contributed by atoms with E-state index in [1.165, 1.54) is 51.7 Å². The number of hydrogen-bond donors (Lipinski definition) is 1. The molecule has 0 spiro atoms. The summed E-state index contributed by atoms with van der Waals surface area (Å²) in [5.41, 5.74) is 0.361. The van der Waals surface area contributed by atoms with Gasteiger partial charge in [0.05, 0.1) is 0 Å². The lowest BCUT2D eigenvalue weighted by atomic mass is 9.80. The van der Waals surface area contributed by atoms with E-state index >= 15 is 0 Å². The molecule has 2 fully saturated rings. The second kappa shape index (κ2) is 8.26. The Bertz CT molecular complexity index is 229. The first kappa shape index (κ1) is 17.0. The van der Waals surface area contributed by atoms with E-state index < -0.39 is 0 Å². The molecule has 0 bridgehead atoms. The van der Waals surface area contributed by atoms with Crippen molar-refractivity contribution < 1.29 is 0 Å². The van der Waals surface area contributed by atoms with Gasteiger partial charge in [-0.25, -0.2) is 0 Å². The largest absolute Gasteiger partial charge is 0.314 e. The minimum Gasteiger partial charge on any atom is -0.314 e. The summed E-state index contributed by atoms with van der Waals surface area (Å²) in [7, 11) is 0. The summed E-state index contributed by atoms with van der Waals surface area (Å²) in [6, 6.07) is 0. The van der Waals surface area contributed by atoms with Gasteiger partial charge >= 0.3 is 0 Å². The van der Waals surface area contributed by atoms with Crippen LogP contribution in [0.3, 0.4) is 0 Å². The zero-order valence-corrected chi connectivity index (χ0v) is 14.0. The minimum atomic E-state index is 0.361. The fraction of sp³-hybridized carbons (Fsp3) is 1.00. The molecule has 114 valence electrons. The monoisotopic (exact) mass is 268 g/mol. The molecule has 0 aromatic rings. The van der Waals surface area contributed by atoms with Crippen molar-refractivity contribution in [2.75, 3.05) is 26.2 Å². The van der Waals surface area contributed by atoms with Gasteiger partial charge in [0, 0.05) is 31.7 Å². The fourth-order valence-electron chi connectivity index (χ4n) is 3.50. The molecule has 0 radical (unpaired) electrons. The van der Waals surface area contributed by atoms with Crippen LogP contribution in [0.5, 0.6) is 0 Å². The summed E-state index contributed by atoms with van der Waals surface area (Å²) in [4.78, 5) is 2.72. The van der Waals surface area contributed by atoms with Gasteiger partial charge in [-0.05, 0) is 38.5 Å². The lowest BCUT2D eigenvalue weighted by Gasteiger charge is -2.45. The lowest BCUT2D eigenvalue weighted by molar-refractivity contribution is 0.0609. The molecule has 2 aliphatic rings. The first-order valence-corrected chi connectivity index (χ1v) is 8.57. The molecule has 1 N–H and O–H groups in total. The van der Waals surface area contributed by atoms with Crippen LogP contribution in [-0.2, 0) is 0 Å². The highest BCUT2D eigenvalue weighted by Gasteiger charge is 2.32. The van der Waals surface area contributed by atoms with Crippen molar-refractivity contribution in [1.82, 2.24) is 10.2 Å². The second-order valence-electron chi connectivity index (χ2n) is 6.73. The van der Waals surface area contributed by atoms with Crippen molar-refractivity contribution >= 4 is 0 Å². The highest BCUT2D eigenvalue weighted by atomic mass is 15.2. The van der Waals surface area contributed by atoms with Gasteiger partial charge in [0.15, 0.2) is 0 Å². The zero-order valence-electron chi connectivity index (χ0n) is 14.0. The standard InChI is InChI=1S/C15H30N2.C2H6/c1-4-13-5-7-14(8-6-13)11-17-10-9-16-12-15(17,2)3;1-2/h13-14,16H,4-12H2,1-3H3;1-2H3. The van der Waals surface area contributed by atoms with Gasteiger partial charge in [-0.3, -0.25) is 4.90 Å². The fourth-order valence-corrected chi connectivity index (χ4v) is 3.50. The van der Waals surface area contributed by atoms with Crippen molar-refractivity contribution in [3.05, 3.63) is 0 Å². The third-order valence-corrected chi connectivity index (χ3v) is 4.99. The molecule has 2 heteroatoms. The van der Waals surface area contributed by atoms with E-state index in [0.717, 1.165) is 18.4 Å². The maximum Gasteiger partial charge on any atom is 0.0278 e. The van der Waals surface area contributed by atoms with Crippen LogP contribution in [0.1, 0.15) is 66.7 Å². The smallest absolute Gasteiger partial charge is 0.0278 e. The molecule has 2 nitrogen and oxygen atoms in total. The molecule has 0 unspecified atom stereocenters. The quantitative estimate of drug-likeness (QED) is 0.835. The molecule has 0 atom stereocenters. The number of nitrogens with zero attached hydrogens (tertiary/aromatic N) is 1. The molecule has 19 heavy (non-hydrogen) atoms. The van der Waals surface area contributed by atoms with Crippen LogP contribution < -0.4 is 5.32 Å². The van der Waals surface area contributed by atoms with Gasteiger partial charge in [0.1, 0.15) is 0 Å². The predicted octanol–water partition coefficient (Wildman–Crippen LogP) is 3.91. The summed E-state index contributed by atoms with van der Waals surface area (Å²) >= 11 is 0. The molecule has 0 amide bonds. The molecular formula is C17H36N2. The van der Waals surface area contributed by atoms with Crippen LogP contribution in [0.2, 0.25) is 0 Å². The Morgan fingerprint density at radius 1 is 1.05 bits per heavy atom. The second-order valence-corrected chi connectivity index (χ2v) is 6.73. The van der Waals surface area contributed by atoms with E-state index in [1.807, 2.05) is 13.8 Å². The van der Waals surface area contributed by atoms with E-state index in [4.69, 9.17) is 0 Å². The Morgan fingerprint density at radius 3 is 2.16 bits per heavy atom. The van der Waals surface area contributed by atoms with E-state index in [-0.39, 0.29) is 0 Å². The van der Waals surface area contributed by atoms with Gasteiger partial charge < -0.3 is 5.32 Å². The zero-order chi connectivity index (χ0) is 14.3. The SMILES string of the molecule is CC.CCC1CCC(CN2CCNCC2(C)C)CC1. The number of rotatable bonds is 3. The normalized spacial score (nSPS) is 31.4. The third kappa shape index (κ3) is 5.07. The maximum atomic E-state index is 3.52. The first-order valence-electron chi connectivity index (χ1n) is 8.57. The van der Waals surface area contributed by atoms with Gasteiger partial charge in [-0.1, -0.05) is 40.0 Å². The van der Waals surface area contributed by atoms with Crippen LogP contribution in [0, 0.1) is 11.8 Å². The molecular weight excluding hydrogens is 232 g/mol. The average molecular weight is 268 g/mol. The number of hydrogen-bond acceptors (Lipinski definition) is 2. The molecule has 1 aliphatic heterocycles. The Kier molecular flexibility index (Phi) is 7.38. The summed E-state index contributed by atoms with van der Waals surface area (Å²) in [5, 5.41) is 3.52. The molecule has 0 aromatic carbocycles. The van der Waals surface area contributed by atoms with Crippen LogP contribution in [0.4, 0.5) is 0 Å². The predicted molar refractivity (Wildman–Crippen MR) is 85.6 cm³/mol. The van der Waals surface area contributed by atoms with E-state index in [1.54, 1.807) is 0 Å². The van der Waals surface area contributed by atoms with Gasteiger partial charge in [0.2, 0.25) is 0 Å². The summed E-state index contributed by atoms with van der Waals surface area (Å²) in [6.45, 7) is 16.0. The van der Waals surface area contributed by atoms with E-state index in [9.17, 15) is 0 Å². The topological polar surface area (TPSA) is 15.3 Å². The Labute approximate surface area is 121 Å². The van der Waals surface area contributed by atoms with Gasteiger partial charge in [0.25, 0.3) is 0 Å². The van der Waals surface area contributed by atoms with Crippen LogP contribution >= 0.6 is 0 Å². The molecule has 1 saturated carbocycles.